The topological polar surface area (TPSA) is 45.7 Å². The number of nitrogens with zero attached hydrogens (tertiary/aromatic N) is 3. The fraction of sp³-hybridized carbons (Fsp3) is 0.545. The van der Waals surface area contributed by atoms with Gasteiger partial charge in [0.25, 0.3) is 0 Å². The summed E-state index contributed by atoms with van der Waals surface area (Å²) in [4.78, 5) is 21.6. The van der Waals surface area contributed by atoms with E-state index in [2.05, 4.69) is 34.9 Å². The third-order valence-corrected chi connectivity index (χ3v) is 6.02. The highest BCUT2D eigenvalue weighted by Crippen LogP contribution is 2.33. The quantitative estimate of drug-likeness (QED) is 0.825. The van der Waals surface area contributed by atoms with E-state index in [4.69, 9.17) is 9.72 Å². The molecule has 144 valence electrons. The standard InChI is InChI=1S/C22H29N3O2/c1-3-16-13-17-9-10-23-22(19(17)14-20(16)27-2)24-11-6-7-18(15-24)25-12-5-4-8-21(25)26/h9-10,13-14,18H,3-8,11-12,15H2,1-2H3. The van der Waals surface area contributed by atoms with Crippen molar-refractivity contribution in [3.8, 4) is 5.75 Å². The lowest BCUT2D eigenvalue weighted by molar-refractivity contribution is -0.135. The number of aromatic nitrogens is 1. The Labute approximate surface area is 161 Å². The predicted molar refractivity (Wildman–Crippen MR) is 108 cm³/mol. The minimum Gasteiger partial charge on any atom is -0.496 e. The molecule has 2 aliphatic rings. The smallest absolute Gasteiger partial charge is 0.222 e. The first-order valence-corrected chi connectivity index (χ1v) is 10.2. The van der Waals surface area contributed by atoms with Crippen LogP contribution >= 0.6 is 0 Å². The number of carbonyl (C=O) groups is 1. The number of aryl methyl sites for hydroxylation is 1. The molecule has 1 amide bonds. The van der Waals surface area contributed by atoms with E-state index >= 15 is 0 Å². The molecule has 4 rings (SSSR count). The van der Waals surface area contributed by atoms with Gasteiger partial charge in [-0.1, -0.05) is 6.92 Å². The second kappa shape index (κ2) is 7.75. The molecule has 0 aliphatic carbocycles. The first kappa shape index (κ1) is 18.1. The first-order chi connectivity index (χ1) is 13.2. The Bertz CT molecular complexity index is 836. The molecule has 2 aromatic rings. The van der Waals surface area contributed by atoms with Crippen molar-refractivity contribution in [2.24, 2.45) is 0 Å². The van der Waals surface area contributed by atoms with Gasteiger partial charge >= 0.3 is 0 Å². The summed E-state index contributed by atoms with van der Waals surface area (Å²) in [6.45, 7) is 4.92. The van der Waals surface area contributed by atoms with Crippen LogP contribution in [-0.4, -0.2) is 48.6 Å². The predicted octanol–water partition coefficient (Wildman–Crippen LogP) is 3.79. The maximum atomic E-state index is 12.4. The second-order valence-corrected chi connectivity index (χ2v) is 7.66. The lowest BCUT2D eigenvalue weighted by atomic mass is 9.99. The number of likely N-dealkylation sites (tertiary alicyclic amines) is 1. The largest absolute Gasteiger partial charge is 0.496 e. The van der Waals surface area contributed by atoms with Crippen LogP contribution in [0.25, 0.3) is 10.8 Å². The Kier molecular flexibility index (Phi) is 5.19. The summed E-state index contributed by atoms with van der Waals surface area (Å²) in [7, 11) is 1.73. The van der Waals surface area contributed by atoms with Gasteiger partial charge in [0, 0.05) is 43.7 Å². The summed E-state index contributed by atoms with van der Waals surface area (Å²) in [6, 6.07) is 6.73. The highest BCUT2D eigenvalue weighted by Gasteiger charge is 2.31. The van der Waals surface area contributed by atoms with Gasteiger partial charge < -0.3 is 14.5 Å². The zero-order valence-electron chi connectivity index (χ0n) is 16.4. The van der Waals surface area contributed by atoms with E-state index in [0.717, 1.165) is 68.7 Å². The number of anilines is 1. The number of piperidine rings is 2. The Morgan fingerprint density at radius 3 is 2.89 bits per heavy atom. The van der Waals surface area contributed by atoms with Crippen LogP contribution in [0.15, 0.2) is 24.4 Å². The Balaban J connectivity index is 1.66. The molecular formula is C22H29N3O2. The van der Waals surface area contributed by atoms with Crippen molar-refractivity contribution in [3.63, 3.8) is 0 Å². The van der Waals surface area contributed by atoms with Crippen LogP contribution in [0.3, 0.4) is 0 Å². The summed E-state index contributed by atoms with van der Waals surface area (Å²) >= 11 is 0. The van der Waals surface area contributed by atoms with Gasteiger partial charge in [-0.05, 0) is 61.3 Å². The molecule has 1 aromatic heterocycles. The Morgan fingerprint density at radius 1 is 1.22 bits per heavy atom. The summed E-state index contributed by atoms with van der Waals surface area (Å²) in [6.07, 6.45) is 7.91. The van der Waals surface area contributed by atoms with Crippen molar-refractivity contribution in [3.05, 3.63) is 30.0 Å². The van der Waals surface area contributed by atoms with Crippen LogP contribution in [0.2, 0.25) is 0 Å². The molecule has 1 atom stereocenters. The zero-order valence-corrected chi connectivity index (χ0v) is 16.4. The Hall–Kier alpha value is -2.30. The van der Waals surface area contributed by atoms with Gasteiger partial charge in [-0.3, -0.25) is 4.79 Å². The SMILES string of the molecule is CCc1cc2ccnc(N3CCCC(N4CCCCC4=O)C3)c2cc1OC. The number of pyridine rings is 1. The monoisotopic (exact) mass is 367 g/mol. The van der Waals surface area contributed by atoms with Gasteiger partial charge in [0.05, 0.1) is 7.11 Å². The molecule has 27 heavy (non-hydrogen) atoms. The lowest BCUT2D eigenvalue weighted by Gasteiger charge is -2.41. The number of rotatable bonds is 4. The molecule has 2 aliphatic heterocycles. The van der Waals surface area contributed by atoms with E-state index in [9.17, 15) is 4.79 Å². The van der Waals surface area contributed by atoms with Crippen LogP contribution < -0.4 is 9.64 Å². The molecule has 0 saturated carbocycles. The van der Waals surface area contributed by atoms with Gasteiger partial charge in [0.15, 0.2) is 0 Å². The number of hydrogen-bond donors (Lipinski definition) is 0. The second-order valence-electron chi connectivity index (χ2n) is 7.66. The van der Waals surface area contributed by atoms with E-state index in [1.165, 1.54) is 10.9 Å². The number of hydrogen-bond acceptors (Lipinski definition) is 4. The fourth-order valence-electron chi connectivity index (χ4n) is 4.57. The maximum absolute atomic E-state index is 12.4. The van der Waals surface area contributed by atoms with E-state index in [1.807, 2.05) is 6.20 Å². The summed E-state index contributed by atoms with van der Waals surface area (Å²) in [5.74, 6) is 2.27. The van der Waals surface area contributed by atoms with E-state index < -0.39 is 0 Å². The van der Waals surface area contributed by atoms with E-state index in [-0.39, 0.29) is 0 Å². The maximum Gasteiger partial charge on any atom is 0.222 e. The van der Waals surface area contributed by atoms with Crippen molar-refractivity contribution in [2.45, 2.75) is 51.5 Å². The molecule has 2 fully saturated rings. The molecule has 0 bridgehead atoms. The third kappa shape index (κ3) is 3.47. The van der Waals surface area contributed by atoms with Crippen molar-refractivity contribution in [1.29, 1.82) is 0 Å². The molecule has 5 nitrogen and oxygen atoms in total. The molecule has 0 N–H and O–H groups in total. The van der Waals surface area contributed by atoms with Crippen LogP contribution in [0.1, 0.15) is 44.6 Å². The van der Waals surface area contributed by atoms with Gasteiger partial charge in [-0.25, -0.2) is 4.98 Å². The van der Waals surface area contributed by atoms with Crippen LogP contribution in [0.4, 0.5) is 5.82 Å². The number of benzene rings is 1. The molecular weight excluding hydrogens is 338 g/mol. The van der Waals surface area contributed by atoms with Gasteiger partial charge in [0.2, 0.25) is 5.91 Å². The van der Waals surface area contributed by atoms with E-state index in [1.54, 1.807) is 7.11 Å². The molecule has 1 unspecified atom stereocenters. The highest BCUT2D eigenvalue weighted by molar-refractivity contribution is 5.94. The summed E-state index contributed by atoms with van der Waals surface area (Å²) in [5.41, 5.74) is 1.22. The molecule has 3 heterocycles. The fourth-order valence-corrected chi connectivity index (χ4v) is 4.57. The molecule has 1 aromatic carbocycles. The summed E-state index contributed by atoms with van der Waals surface area (Å²) in [5, 5.41) is 2.34. The van der Waals surface area contributed by atoms with Crippen LogP contribution in [0.5, 0.6) is 5.75 Å². The average Bonchev–Trinajstić information content (AvgIpc) is 2.72. The average molecular weight is 367 g/mol. The van der Waals surface area contributed by atoms with E-state index in [0.29, 0.717) is 18.4 Å². The molecule has 0 radical (unpaired) electrons. The highest BCUT2D eigenvalue weighted by atomic mass is 16.5. The normalized spacial score (nSPS) is 21.0. The van der Waals surface area contributed by atoms with Gasteiger partial charge in [-0.15, -0.1) is 0 Å². The molecule has 0 spiro atoms. The minimum absolute atomic E-state index is 0.306. The first-order valence-electron chi connectivity index (χ1n) is 10.2. The molecule has 2 saturated heterocycles. The molecule has 5 heteroatoms. The van der Waals surface area contributed by atoms with Crippen molar-refractivity contribution >= 4 is 22.5 Å². The van der Waals surface area contributed by atoms with Crippen LogP contribution in [-0.2, 0) is 11.2 Å². The van der Waals surface area contributed by atoms with Crippen molar-refractivity contribution in [1.82, 2.24) is 9.88 Å². The minimum atomic E-state index is 0.306. The van der Waals surface area contributed by atoms with Crippen molar-refractivity contribution in [2.75, 3.05) is 31.6 Å². The number of fused-ring (bicyclic) bond motifs is 1. The number of amides is 1. The number of methoxy groups -OCH3 is 1. The zero-order chi connectivity index (χ0) is 18.8. The third-order valence-electron chi connectivity index (χ3n) is 6.02. The van der Waals surface area contributed by atoms with Crippen molar-refractivity contribution < 1.29 is 9.53 Å². The number of carbonyl (C=O) groups excluding carboxylic acids is 1. The Morgan fingerprint density at radius 2 is 2.11 bits per heavy atom. The van der Waals surface area contributed by atoms with Gasteiger partial charge in [0.1, 0.15) is 11.6 Å². The number of ether oxygens (including phenoxy) is 1. The van der Waals surface area contributed by atoms with Crippen LogP contribution in [0, 0.1) is 0 Å². The summed E-state index contributed by atoms with van der Waals surface area (Å²) < 4.78 is 5.62. The van der Waals surface area contributed by atoms with Gasteiger partial charge in [-0.2, -0.15) is 0 Å². The lowest BCUT2D eigenvalue weighted by Crippen LogP contribution is -2.52.